The van der Waals surface area contributed by atoms with Gasteiger partial charge in [0.15, 0.2) is 0 Å². The lowest BCUT2D eigenvalue weighted by atomic mass is 9.91. The van der Waals surface area contributed by atoms with Gasteiger partial charge in [-0.05, 0) is 56.8 Å². The highest BCUT2D eigenvalue weighted by Crippen LogP contribution is 2.32. The van der Waals surface area contributed by atoms with Gasteiger partial charge in [0.05, 0.1) is 6.61 Å². The average molecular weight is 219 g/mol. The zero-order valence-corrected chi connectivity index (χ0v) is 10.0. The third-order valence-corrected chi connectivity index (χ3v) is 3.23. The molecule has 0 saturated carbocycles. The summed E-state index contributed by atoms with van der Waals surface area (Å²) in [5, 5.41) is 3.46. The van der Waals surface area contributed by atoms with Crippen LogP contribution in [0, 0.1) is 0 Å². The molecule has 2 rings (SSSR count). The van der Waals surface area contributed by atoms with E-state index in [4.69, 9.17) is 4.74 Å². The van der Waals surface area contributed by atoms with E-state index in [1.54, 1.807) is 0 Å². The number of ether oxygens (including phenoxy) is 1. The smallest absolute Gasteiger partial charge is 0.122 e. The molecule has 0 bridgehead atoms. The van der Waals surface area contributed by atoms with Gasteiger partial charge in [-0.3, -0.25) is 0 Å². The van der Waals surface area contributed by atoms with Crippen LogP contribution in [-0.2, 0) is 0 Å². The molecule has 2 nitrogen and oxygen atoms in total. The summed E-state index contributed by atoms with van der Waals surface area (Å²) in [5.74, 6) is 1.75. The lowest BCUT2D eigenvalue weighted by Crippen LogP contribution is -2.14. The van der Waals surface area contributed by atoms with Crippen LogP contribution in [-0.4, -0.2) is 19.7 Å². The first-order chi connectivity index (χ1) is 7.92. The van der Waals surface area contributed by atoms with Gasteiger partial charge in [0.2, 0.25) is 0 Å². The van der Waals surface area contributed by atoms with Crippen LogP contribution in [0.3, 0.4) is 0 Å². The van der Waals surface area contributed by atoms with Crippen molar-refractivity contribution >= 4 is 0 Å². The summed E-state index contributed by atoms with van der Waals surface area (Å²) in [6.07, 6.45) is 3.77. The summed E-state index contributed by atoms with van der Waals surface area (Å²) in [6, 6.07) is 8.50. The van der Waals surface area contributed by atoms with Crippen LogP contribution in [0.4, 0.5) is 0 Å². The summed E-state index contributed by atoms with van der Waals surface area (Å²) in [4.78, 5) is 0. The first kappa shape index (κ1) is 11.5. The Morgan fingerprint density at radius 1 is 1.25 bits per heavy atom. The van der Waals surface area contributed by atoms with Gasteiger partial charge in [-0.25, -0.2) is 0 Å². The van der Waals surface area contributed by atoms with Gasteiger partial charge in [0.1, 0.15) is 5.75 Å². The monoisotopic (exact) mass is 219 g/mol. The van der Waals surface area contributed by atoms with Gasteiger partial charge in [-0.2, -0.15) is 0 Å². The van der Waals surface area contributed by atoms with Crippen molar-refractivity contribution in [3.63, 3.8) is 0 Å². The highest BCUT2D eigenvalue weighted by molar-refractivity contribution is 5.36. The van der Waals surface area contributed by atoms with E-state index >= 15 is 0 Å². The van der Waals surface area contributed by atoms with Crippen molar-refractivity contribution in [1.82, 2.24) is 5.32 Å². The van der Waals surface area contributed by atoms with Gasteiger partial charge in [0, 0.05) is 0 Å². The van der Waals surface area contributed by atoms with E-state index in [9.17, 15) is 0 Å². The molecule has 1 atom stereocenters. The SMILES string of the molecule is CCOc1ccccc1C1CCCNCC1. The maximum Gasteiger partial charge on any atom is 0.122 e. The summed E-state index contributed by atoms with van der Waals surface area (Å²) in [5.41, 5.74) is 1.40. The highest BCUT2D eigenvalue weighted by atomic mass is 16.5. The molecule has 0 aliphatic carbocycles. The molecule has 1 N–H and O–H groups in total. The van der Waals surface area contributed by atoms with Gasteiger partial charge in [-0.1, -0.05) is 18.2 Å². The van der Waals surface area contributed by atoms with Crippen LogP contribution in [0.15, 0.2) is 24.3 Å². The second-order valence-corrected chi connectivity index (χ2v) is 4.35. The third kappa shape index (κ3) is 2.76. The first-order valence-electron chi connectivity index (χ1n) is 6.34. The Hall–Kier alpha value is -1.02. The molecule has 0 aromatic heterocycles. The van der Waals surface area contributed by atoms with Crippen molar-refractivity contribution in [3.8, 4) is 5.75 Å². The molecule has 0 radical (unpaired) electrons. The number of nitrogens with one attached hydrogen (secondary N) is 1. The lowest BCUT2D eigenvalue weighted by Gasteiger charge is -2.18. The summed E-state index contributed by atoms with van der Waals surface area (Å²) in [6.45, 7) is 5.09. The minimum Gasteiger partial charge on any atom is -0.494 e. The fourth-order valence-corrected chi connectivity index (χ4v) is 2.43. The molecular formula is C14H21NO. The van der Waals surface area contributed by atoms with Crippen LogP contribution in [0.1, 0.15) is 37.7 Å². The van der Waals surface area contributed by atoms with E-state index in [1.807, 2.05) is 6.92 Å². The van der Waals surface area contributed by atoms with Crippen molar-refractivity contribution in [1.29, 1.82) is 0 Å². The Labute approximate surface area is 98.0 Å². The number of para-hydroxylation sites is 1. The van der Waals surface area contributed by atoms with Gasteiger partial charge in [-0.15, -0.1) is 0 Å². The second-order valence-electron chi connectivity index (χ2n) is 4.35. The zero-order chi connectivity index (χ0) is 11.2. The minimum atomic E-state index is 0.665. The number of rotatable bonds is 3. The molecular weight excluding hydrogens is 198 g/mol. The molecule has 1 aliphatic heterocycles. The maximum atomic E-state index is 5.71. The van der Waals surface area contributed by atoms with Crippen molar-refractivity contribution in [2.75, 3.05) is 19.7 Å². The minimum absolute atomic E-state index is 0.665. The van der Waals surface area contributed by atoms with Crippen LogP contribution in [0.2, 0.25) is 0 Å². The first-order valence-corrected chi connectivity index (χ1v) is 6.34. The molecule has 2 heteroatoms. The van der Waals surface area contributed by atoms with Crippen LogP contribution in [0.25, 0.3) is 0 Å². The van der Waals surface area contributed by atoms with E-state index in [-0.39, 0.29) is 0 Å². The maximum absolute atomic E-state index is 5.71. The normalized spacial score (nSPS) is 21.4. The molecule has 16 heavy (non-hydrogen) atoms. The Kier molecular flexibility index (Phi) is 4.23. The van der Waals surface area contributed by atoms with Crippen molar-refractivity contribution in [3.05, 3.63) is 29.8 Å². The lowest BCUT2D eigenvalue weighted by molar-refractivity contribution is 0.333. The van der Waals surface area contributed by atoms with Crippen LogP contribution < -0.4 is 10.1 Å². The van der Waals surface area contributed by atoms with E-state index in [1.165, 1.54) is 24.8 Å². The predicted octanol–water partition coefficient (Wildman–Crippen LogP) is 2.94. The Bertz CT molecular complexity index is 316. The van der Waals surface area contributed by atoms with Gasteiger partial charge in [0.25, 0.3) is 0 Å². The topological polar surface area (TPSA) is 21.3 Å². The summed E-state index contributed by atoms with van der Waals surface area (Å²) >= 11 is 0. The van der Waals surface area contributed by atoms with Crippen molar-refractivity contribution < 1.29 is 4.74 Å². The number of hydrogen-bond donors (Lipinski definition) is 1. The molecule has 0 spiro atoms. The van der Waals surface area contributed by atoms with Gasteiger partial charge < -0.3 is 10.1 Å². The van der Waals surface area contributed by atoms with Crippen LogP contribution >= 0.6 is 0 Å². The van der Waals surface area contributed by atoms with Crippen molar-refractivity contribution in [2.24, 2.45) is 0 Å². The third-order valence-electron chi connectivity index (χ3n) is 3.23. The molecule has 1 unspecified atom stereocenters. The molecule has 1 aliphatic rings. The fraction of sp³-hybridized carbons (Fsp3) is 0.571. The second kappa shape index (κ2) is 5.90. The van der Waals surface area contributed by atoms with Gasteiger partial charge >= 0.3 is 0 Å². The van der Waals surface area contributed by atoms with E-state index < -0.39 is 0 Å². The molecule has 1 heterocycles. The van der Waals surface area contributed by atoms with E-state index in [0.717, 1.165) is 25.4 Å². The zero-order valence-electron chi connectivity index (χ0n) is 10.0. The Balaban J connectivity index is 2.16. The Morgan fingerprint density at radius 2 is 2.12 bits per heavy atom. The van der Waals surface area contributed by atoms with E-state index in [2.05, 4.69) is 29.6 Å². The number of hydrogen-bond acceptors (Lipinski definition) is 2. The molecule has 1 aromatic carbocycles. The van der Waals surface area contributed by atoms with E-state index in [0.29, 0.717) is 5.92 Å². The largest absolute Gasteiger partial charge is 0.494 e. The molecule has 88 valence electrons. The standard InChI is InChI=1S/C14H21NO/c1-2-16-14-8-4-3-7-13(14)12-6-5-10-15-11-9-12/h3-4,7-8,12,15H,2,5-6,9-11H2,1H3. The van der Waals surface area contributed by atoms with Crippen molar-refractivity contribution in [2.45, 2.75) is 32.1 Å². The molecule has 1 aromatic rings. The van der Waals surface area contributed by atoms with Crippen LogP contribution in [0.5, 0.6) is 5.75 Å². The number of benzene rings is 1. The Morgan fingerprint density at radius 3 is 3.00 bits per heavy atom. The molecule has 1 fully saturated rings. The quantitative estimate of drug-likeness (QED) is 0.844. The summed E-state index contributed by atoms with van der Waals surface area (Å²) < 4.78 is 5.71. The highest BCUT2D eigenvalue weighted by Gasteiger charge is 2.17. The predicted molar refractivity (Wildman–Crippen MR) is 67.1 cm³/mol. The molecule has 0 amide bonds. The fourth-order valence-electron chi connectivity index (χ4n) is 2.43. The molecule has 1 saturated heterocycles. The summed E-state index contributed by atoms with van der Waals surface area (Å²) in [7, 11) is 0. The average Bonchev–Trinajstić information content (AvgIpc) is 2.59.